The summed E-state index contributed by atoms with van der Waals surface area (Å²) >= 11 is 6.02. The van der Waals surface area contributed by atoms with Gasteiger partial charge in [-0.15, -0.1) is 0 Å². The van der Waals surface area contributed by atoms with E-state index in [0.717, 1.165) is 12.2 Å². The van der Waals surface area contributed by atoms with Gasteiger partial charge >= 0.3 is 6.09 Å². The van der Waals surface area contributed by atoms with E-state index in [4.69, 9.17) is 16.3 Å². The number of carbonyl (C=O) groups is 2. The topological polar surface area (TPSA) is 70.7 Å². The number of carbonyl (C=O) groups excluding carboxylic acids is 2. The Labute approximate surface area is 147 Å². The number of ether oxygens (including phenoxy) is 1. The average molecular weight is 354 g/mol. The van der Waals surface area contributed by atoms with Gasteiger partial charge in [-0.05, 0) is 44.9 Å². The van der Waals surface area contributed by atoms with Crippen LogP contribution in [-0.2, 0) is 4.74 Å². The normalized spacial score (nSPS) is 15.0. The van der Waals surface area contributed by atoms with E-state index in [1.165, 1.54) is 0 Å². The number of hydrogen-bond acceptors (Lipinski definition) is 4. The summed E-state index contributed by atoms with van der Waals surface area (Å²) in [6.07, 6.45) is 1.13. The van der Waals surface area contributed by atoms with Crippen molar-refractivity contribution >= 4 is 29.3 Å². The molecular weight excluding hydrogens is 330 g/mol. The Morgan fingerprint density at radius 1 is 1.29 bits per heavy atom. The van der Waals surface area contributed by atoms with Gasteiger partial charge in [0.05, 0.1) is 12.2 Å². The molecule has 0 spiro atoms. The lowest BCUT2D eigenvalue weighted by molar-refractivity contribution is 0.0860. The van der Waals surface area contributed by atoms with Crippen molar-refractivity contribution in [1.29, 1.82) is 0 Å². The number of rotatable bonds is 5. The van der Waals surface area contributed by atoms with E-state index in [-0.39, 0.29) is 18.0 Å². The van der Waals surface area contributed by atoms with E-state index in [2.05, 4.69) is 10.6 Å². The minimum atomic E-state index is -0.286. The Bertz CT molecular complexity index is 586. The highest BCUT2D eigenvalue weighted by molar-refractivity contribution is 6.31. The summed E-state index contributed by atoms with van der Waals surface area (Å²) in [5.41, 5.74) is 1.31. The monoisotopic (exact) mass is 353 g/mol. The van der Waals surface area contributed by atoms with Gasteiger partial charge < -0.3 is 20.3 Å². The molecule has 0 radical (unpaired) electrons. The van der Waals surface area contributed by atoms with Crippen LogP contribution in [0.15, 0.2) is 18.2 Å². The number of nitrogens with zero attached hydrogens (tertiary/aromatic N) is 1. The summed E-state index contributed by atoms with van der Waals surface area (Å²) in [7, 11) is 0. The van der Waals surface area contributed by atoms with Gasteiger partial charge in [-0.3, -0.25) is 4.79 Å². The van der Waals surface area contributed by atoms with E-state index in [1.807, 2.05) is 13.0 Å². The molecule has 1 aromatic carbocycles. The molecular formula is C17H24ClN3O3. The second kappa shape index (κ2) is 8.78. The van der Waals surface area contributed by atoms with Crippen LogP contribution < -0.4 is 10.6 Å². The van der Waals surface area contributed by atoms with Crippen LogP contribution in [0.2, 0.25) is 5.02 Å². The maximum absolute atomic E-state index is 12.6. The first kappa shape index (κ1) is 18.4. The molecule has 1 heterocycles. The van der Waals surface area contributed by atoms with Gasteiger partial charge in [0.15, 0.2) is 0 Å². The Kier molecular flexibility index (Phi) is 6.73. The average Bonchev–Trinajstić information content (AvgIpc) is 2.57. The number of halogens is 1. The molecule has 7 heteroatoms. The molecule has 1 fully saturated rings. The predicted molar refractivity (Wildman–Crippen MR) is 94.7 cm³/mol. The third-order valence-corrected chi connectivity index (χ3v) is 4.18. The van der Waals surface area contributed by atoms with Gasteiger partial charge in [0.2, 0.25) is 0 Å². The van der Waals surface area contributed by atoms with Crippen molar-refractivity contribution in [3.63, 3.8) is 0 Å². The SMILES string of the molecule is CCNc1ccc(Cl)cc1C(=O)NC1CCN(C(=O)OCC)CC1. The van der Waals surface area contributed by atoms with E-state index in [1.54, 1.807) is 24.0 Å². The van der Waals surface area contributed by atoms with Gasteiger partial charge in [0.25, 0.3) is 5.91 Å². The quantitative estimate of drug-likeness (QED) is 0.853. The molecule has 0 saturated carbocycles. The molecule has 2 rings (SSSR count). The zero-order chi connectivity index (χ0) is 17.5. The summed E-state index contributed by atoms with van der Waals surface area (Å²) < 4.78 is 5.00. The van der Waals surface area contributed by atoms with Crippen molar-refractivity contribution in [2.75, 3.05) is 31.6 Å². The fourth-order valence-electron chi connectivity index (χ4n) is 2.73. The molecule has 0 bridgehead atoms. The van der Waals surface area contributed by atoms with Gasteiger partial charge in [-0.25, -0.2) is 4.79 Å². The molecule has 24 heavy (non-hydrogen) atoms. The van der Waals surface area contributed by atoms with Crippen molar-refractivity contribution in [2.45, 2.75) is 32.7 Å². The van der Waals surface area contributed by atoms with E-state index >= 15 is 0 Å². The minimum Gasteiger partial charge on any atom is -0.450 e. The van der Waals surface area contributed by atoms with Crippen LogP contribution >= 0.6 is 11.6 Å². The summed E-state index contributed by atoms with van der Waals surface area (Å²) in [4.78, 5) is 25.9. The number of benzene rings is 1. The van der Waals surface area contributed by atoms with Crippen molar-refractivity contribution < 1.29 is 14.3 Å². The zero-order valence-electron chi connectivity index (χ0n) is 14.1. The Morgan fingerprint density at radius 3 is 2.62 bits per heavy atom. The van der Waals surface area contributed by atoms with E-state index in [0.29, 0.717) is 43.1 Å². The van der Waals surface area contributed by atoms with Gasteiger partial charge in [-0.2, -0.15) is 0 Å². The van der Waals surface area contributed by atoms with Crippen LogP contribution in [0.25, 0.3) is 0 Å². The van der Waals surface area contributed by atoms with Crippen LogP contribution in [-0.4, -0.2) is 49.2 Å². The molecule has 2 amide bonds. The molecule has 1 saturated heterocycles. The van der Waals surface area contributed by atoms with Gasteiger partial charge in [-0.1, -0.05) is 11.6 Å². The van der Waals surface area contributed by atoms with Crippen molar-refractivity contribution in [2.24, 2.45) is 0 Å². The van der Waals surface area contributed by atoms with E-state index < -0.39 is 0 Å². The van der Waals surface area contributed by atoms with Gasteiger partial charge in [0.1, 0.15) is 0 Å². The first-order chi connectivity index (χ1) is 11.5. The number of amides is 2. The second-order valence-corrected chi connectivity index (χ2v) is 6.09. The lowest BCUT2D eigenvalue weighted by Gasteiger charge is -2.31. The number of nitrogens with one attached hydrogen (secondary N) is 2. The Hall–Kier alpha value is -1.95. The highest BCUT2D eigenvalue weighted by Crippen LogP contribution is 2.21. The molecule has 2 N–H and O–H groups in total. The standard InChI is InChI=1S/C17H24ClN3O3/c1-3-19-15-6-5-12(18)11-14(15)16(22)20-13-7-9-21(10-8-13)17(23)24-4-2/h5-6,11,13,19H,3-4,7-10H2,1-2H3,(H,20,22). The summed E-state index contributed by atoms with van der Waals surface area (Å²) in [6, 6.07) is 5.28. The first-order valence-corrected chi connectivity index (χ1v) is 8.69. The summed E-state index contributed by atoms with van der Waals surface area (Å²) in [5.74, 6) is -0.150. The molecule has 1 aliphatic rings. The minimum absolute atomic E-state index is 0.0386. The molecule has 0 atom stereocenters. The highest BCUT2D eigenvalue weighted by atomic mass is 35.5. The van der Waals surface area contributed by atoms with Crippen LogP contribution in [0.3, 0.4) is 0 Å². The molecule has 6 nitrogen and oxygen atoms in total. The summed E-state index contributed by atoms with van der Waals surface area (Å²) in [6.45, 7) is 6.02. The van der Waals surface area contributed by atoms with Crippen molar-refractivity contribution in [3.05, 3.63) is 28.8 Å². The Morgan fingerprint density at radius 2 is 2.00 bits per heavy atom. The first-order valence-electron chi connectivity index (χ1n) is 8.31. The zero-order valence-corrected chi connectivity index (χ0v) is 14.9. The second-order valence-electron chi connectivity index (χ2n) is 5.65. The molecule has 1 aliphatic heterocycles. The summed E-state index contributed by atoms with van der Waals surface area (Å²) in [5, 5.41) is 6.73. The molecule has 0 aromatic heterocycles. The van der Waals surface area contributed by atoms with Crippen molar-refractivity contribution in [3.8, 4) is 0 Å². The fraction of sp³-hybridized carbons (Fsp3) is 0.529. The molecule has 132 valence electrons. The van der Waals surface area contributed by atoms with Crippen LogP contribution in [0.5, 0.6) is 0 Å². The predicted octanol–water partition coefficient (Wildman–Crippen LogP) is 3.12. The smallest absolute Gasteiger partial charge is 0.409 e. The molecule has 1 aromatic rings. The number of piperidine rings is 1. The molecule has 0 aliphatic carbocycles. The molecule has 0 unspecified atom stereocenters. The lowest BCUT2D eigenvalue weighted by atomic mass is 10.0. The third kappa shape index (κ3) is 4.77. The van der Waals surface area contributed by atoms with Crippen LogP contribution in [0, 0.1) is 0 Å². The van der Waals surface area contributed by atoms with Crippen molar-refractivity contribution in [1.82, 2.24) is 10.2 Å². The third-order valence-electron chi connectivity index (χ3n) is 3.95. The van der Waals surface area contributed by atoms with Crippen LogP contribution in [0.1, 0.15) is 37.0 Å². The Balaban J connectivity index is 1.94. The maximum atomic E-state index is 12.6. The fourth-order valence-corrected chi connectivity index (χ4v) is 2.91. The van der Waals surface area contributed by atoms with Gasteiger partial charge in [0, 0.05) is 36.4 Å². The lowest BCUT2D eigenvalue weighted by Crippen LogP contribution is -2.46. The maximum Gasteiger partial charge on any atom is 0.409 e. The number of likely N-dealkylation sites (tertiary alicyclic amines) is 1. The largest absolute Gasteiger partial charge is 0.450 e. The van der Waals surface area contributed by atoms with Crippen LogP contribution in [0.4, 0.5) is 10.5 Å². The number of anilines is 1. The highest BCUT2D eigenvalue weighted by Gasteiger charge is 2.25. The van der Waals surface area contributed by atoms with E-state index in [9.17, 15) is 9.59 Å². The number of hydrogen-bond donors (Lipinski definition) is 2.